The van der Waals surface area contributed by atoms with Crippen molar-refractivity contribution in [2.24, 2.45) is 0 Å². The Morgan fingerprint density at radius 2 is 2.15 bits per heavy atom. The zero-order chi connectivity index (χ0) is 14.5. The van der Waals surface area contributed by atoms with Gasteiger partial charge in [-0.05, 0) is 48.9 Å². The van der Waals surface area contributed by atoms with Crippen LogP contribution in [0.15, 0.2) is 36.5 Å². The van der Waals surface area contributed by atoms with E-state index in [4.69, 9.17) is 4.74 Å². The Labute approximate surface area is 118 Å². The Bertz CT molecular complexity index is 586. The van der Waals surface area contributed by atoms with Gasteiger partial charge in [-0.25, -0.2) is 4.39 Å². The van der Waals surface area contributed by atoms with E-state index in [0.717, 1.165) is 23.4 Å². The standard InChI is InChI=1S/C16H19FN2O/c1-4-18-15(13-10-12(17)8-7-11(13)2)16-14(20-3)6-5-9-19-16/h5-10,15,18H,4H2,1-3H3. The summed E-state index contributed by atoms with van der Waals surface area (Å²) in [5.41, 5.74) is 2.67. The van der Waals surface area contributed by atoms with Crippen LogP contribution >= 0.6 is 0 Å². The lowest BCUT2D eigenvalue weighted by atomic mass is 9.97. The molecule has 0 saturated carbocycles. The largest absolute Gasteiger partial charge is 0.495 e. The Balaban J connectivity index is 2.53. The van der Waals surface area contributed by atoms with Crippen molar-refractivity contribution in [3.8, 4) is 5.75 Å². The first-order valence-electron chi connectivity index (χ1n) is 6.65. The highest BCUT2D eigenvalue weighted by atomic mass is 19.1. The number of hydrogen-bond donors (Lipinski definition) is 1. The topological polar surface area (TPSA) is 34.2 Å². The summed E-state index contributed by atoms with van der Waals surface area (Å²) in [5, 5.41) is 3.35. The van der Waals surface area contributed by atoms with Crippen LogP contribution in [0.3, 0.4) is 0 Å². The van der Waals surface area contributed by atoms with Crippen molar-refractivity contribution in [2.75, 3.05) is 13.7 Å². The number of nitrogens with zero attached hydrogens (tertiary/aromatic N) is 1. The number of aryl methyl sites for hydroxylation is 1. The highest BCUT2D eigenvalue weighted by Crippen LogP contribution is 2.30. The predicted molar refractivity (Wildman–Crippen MR) is 77.4 cm³/mol. The number of pyridine rings is 1. The zero-order valence-corrected chi connectivity index (χ0v) is 12.0. The number of ether oxygens (including phenoxy) is 1. The van der Waals surface area contributed by atoms with Gasteiger partial charge in [0.1, 0.15) is 17.3 Å². The van der Waals surface area contributed by atoms with Crippen LogP contribution in [-0.4, -0.2) is 18.6 Å². The van der Waals surface area contributed by atoms with Crippen molar-refractivity contribution in [2.45, 2.75) is 19.9 Å². The maximum atomic E-state index is 13.6. The molecule has 1 N–H and O–H groups in total. The third-order valence-corrected chi connectivity index (χ3v) is 3.25. The summed E-state index contributed by atoms with van der Waals surface area (Å²) in [7, 11) is 1.61. The first-order valence-corrected chi connectivity index (χ1v) is 6.65. The number of aromatic nitrogens is 1. The van der Waals surface area contributed by atoms with Crippen LogP contribution in [-0.2, 0) is 0 Å². The average molecular weight is 274 g/mol. The van der Waals surface area contributed by atoms with Gasteiger partial charge in [0.25, 0.3) is 0 Å². The second-order valence-corrected chi connectivity index (χ2v) is 4.58. The molecule has 0 fully saturated rings. The lowest BCUT2D eigenvalue weighted by Crippen LogP contribution is -2.24. The van der Waals surface area contributed by atoms with Crippen LogP contribution in [0.2, 0.25) is 0 Å². The van der Waals surface area contributed by atoms with Crippen molar-refractivity contribution >= 4 is 0 Å². The summed E-state index contributed by atoms with van der Waals surface area (Å²) in [6.45, 7) is 4.73. The van der Waals surface area contributed by atoms with Crippen molar-refractivity contribution in [1.29, 1.82) is 0 Å². The molecular weight excluding hydrogens is 255 g/mol. The molecule has 2 aromatic rings. The van der Waals surface area contributed by atoms with Crippen LogP contribution < -0.4 is 10.1 Å². The number of hydrogen-bond acceptors (Lipinski definition) is 3. The fourth-order valence-corrected chi connectivity index (χ4v) is 2.27. The van der Waals surface area contributed by atoms with Gasteiger partial charge in [-0.2, -0.15) is 0 Å². The molecule has 0 amide bonds. The number of benzene rings is 1. The maximum absolute atomic E-state index is 13.6. The van der Waals surface area contributed by atoms with Gasteiger partial charge < -0.3 is 10.1 Å². The monoisotopic (exact) mass is 274 g/mol. The van der Waals surface area contributed by atoms with Crippen LogP contribution in [0.5, 0.6) is 5.75 Å². The Kier molecular flexibility index (Phi) is 4.69. The first kappa shape index (κ1) is 14.5. The summed E-state index contributed by atoms with van der Waals surface area (Å²) < 4.78 is 18.9. The van der Waals surface area contributed by atoms with Crippen molar-refractivity contribution in [3.05, 3.63) is 59.2 Å². The molecule has 1 aromatic heterocycles. The van der Waals surface area contributed by atoms with Crippen molar-refractivity contribution < 1.29 is 9.13 Å². The minimum Gasteiger partial charge on any atom is -0.495 e. The van der Waals surface area contributed by atoms with E-state index in [2.05, 4.69) is 10.3 Å². The van der Waals surface area contributed by atoms with E-state index in [1.807, 2.05) is 26.0 Å². The van der Waals surface area contributed by atoms with E-state index in [-0.39, 0.29) is 11.9 Å². The van der Waals surface area contributed by atoms with Crippen LogP contribution in [0.25, 0.3) is 0 Å². The third kappa shape index (κ3) is 2.96. The molecule has 1 heterocycles. The summed E-state index contributed by atoms with van der Waals surface area (Å²) in [6.07, 6.45) is 1.72. The molecule has 0 saturated heterocycles. The Morgan fingerprint density at radius 1 is 1.35 bits per heavy atom. The van der Waals surface area contributed by atoms with Gasteiger partial charge in [0.2, 0.25) is 0 Å². The second-order valence-electron chi connectivity index (χ2n) is 4.58. The van der Waals surface area contributed by atoms with E-state index in [9.17, 15) is 4.39 Å². The first-order chi connectivity index (χ1) is 9.67. The van der Waals surface area contributed by atoms with Crippen molar-refractivity contribution in [3.63, 3.8) is 0 Å². The van der Waals surface area contributed by atoms with E-state index in [0.29, 0.717) is 5.75 Å². The number of rotatable bonds is 5. The van der Waals surface area contributed by atoms with Gasteiger partial charge in [-0.15, -0.1) is 0 Å². The molecule has 3 nitrogen and oxygen atoms in total. The van der Waals surface area contributed by atoms with Crippen molar-refractivity contribution in [1.82, 2.24) is 10.3 Å². The molecule has 0 radical (unpaired) electrons. The molecule has 1 aromatic carbocycles. The van der Waals surface area contributed by atoms with Gasteiger partial charge >= 0.3 is 0 Å². The van der Waals surface area contributed by atoms with Gasteiger partial charge in [0.05, 0.1) is 13.2 Å². The third-order valence-electron chi connectivity index (χ3n) is 3.25. The van der Waals surface area contributed by atoms with Gasteiger partial charge in [-0.1, -0.05) is 13.0 Å². The average Bonchev–Trinajstić information content (AvgIpc) is 2.47. The smallest absolute Gasteiger partial charge is 0.142 e. The van der Waals surface area contributed by atoms with Crippen LogP contribution in [0, 0.1) is 12.7 Å². The quantitative estimate of drug-likeness (QED) is 0.909. The second kappa shape index (κ2) is 6.48. The van der Waals surface area contributed by atoms with Gasteiger partial charge in [0.15, 0.2) is 0 Å². The molecule has 0 spiro atoms. The number of halogens is 1. The maximum Gasteiger partial charge on any atom is 0.142 e. The number of nitrogens with one attached hydrogen (secondary N) is 1. The molecule has 0 bridgehead atoms. The normalized spacial score (nSPS) is 12.2. The Morgan fingerprint density at radius 3 is 2.85 bits per heavy atom. The fourth-order valence-electron chi connectivity index (χ4n) is 2.27. The summed E-state index contributed by atoms with van der Waals surface area (Å²) >= 11 is 0. The molecule has 4 heteroatoms. The Hall–Kier alpha value is -1.94. The molecule has 1 atom stereocenters. The molecule has 106 valence electrons. The molecule has 20 heavy (non-hydrogen) atoms. The van der Waals surface area contributed by atoms with E-state index in [1.165, 1.54) is 6.07 Å². The van der Waals surface area contributed by atoms with E-state index >= 15 is 0 Å². The minimum absolute atomic E-state index is 0.188. The molecule has 0 aliphatic heterocycles. The fraction of sp³-hybridized carbons (Fsp3) is 0.312. The highest BCUT2D eigenvalue weighted by Gasteiger charge is 2.20. The minimum atomic E-state index is -0.247. The molecule has 2 rings (SSSR count). The van der Waals surface area contributed by atoms with Crippen LogP contribution in [0.1, 0.15) is 29.8 Å². The molecule has 0 aliphatic rings. The molecule has 1 unspecified atom stereocenters. The predicted octanol–water partition coefficient (Wildman–Crippen LogP) is 3.24. The zero-order valence-electron chi connectivity index (χ0n) is 12.0. The summed E-state index contributed by atoms with van der Waals surface area (Å²) in [5.74, 6) is 0.450. The summed E-state index contributed by atoms with van der Waals surface area (Å²) in [4.78, 5) is 4.41. The summed E-state index contributed by atoms with van der Waals surface area (Å²) in [6, 6.07) is 8.30. The van der Waals surface area contributed by atoms with E-state index < -0.39 is 0 Å². The number of methoxy groups -OCH3 is 1. The van der Waals surface area contributed by atoms with Crippen LogP contribution in [0.4, 0.5) is 4.39 Å². The van der Waals surface area contributed by atoms with Gasteiger partial charge in [0, 0.05) is 6.20 Å². The molecule has 0 aliphatic carbocycles. The lowest BCUT2D eigenvalue weighted by Gasteiger charge is -2.21. The highest BCUT2D eigenvalue weighted by molar-refractivity contribution is 5.40. The lowest BCUT2D eigenvalue weighted by molar-refractivity contribution is 0.400. The SMILES string of the molecule is CCNC(c1cc(F)ccc1C)c1ncccc1OC. The van der Waals surface area contributed by atoms with E-state index in [1.54, 1.807) is 25.4 Å². The molecular formula is C16H19FN2O. The van der Waals surface area contributed by atoms with Gasteiger partial charge in [-0.3, -0.25) is 4.98 Å².